The molecule has 0 aromatic rings. The van der Waals surface area contributed by atoms with Crippen molar-refractivity contribution in [3.8, 4) is 0 Å². The molecule has 0 bridgehead atoms. The van der Waals surface area contributed by atoms with Crippen LogP contribution in [0.3, 0.4) is 0 Å². The third-order valence-corrected chi connectivity index (χ3v) is 2.77. The molecule has 0 saturated heterocycles. The van der Waals surface area contributed by atoms with Crippen LogP contribution in [-0.2, 0) is 0 Å². The Morgan fingerprint density at radius 1 is 1.00 bits per heavy atom. The molecule has 1 nitrogen and oxygen atoms in total. The highest BCUT2D eigenvalue weighted by atomic mass is 15.1. The molecular weight excluding hydrogens is 158 g/mol. The Morgan fingerprint density at radius 3 is 2.38 bits per heavy atom. The molecular formula is C12H23N. The van der Waals surface area contributed by atoms with Gasteiger partial charge >= 0.3 is 0 Å². The van der Waals surface area contributed by atoms with Crippen LogP contribution in [0.4, 0.5) is 0 Å². The number of nitrogens with zero attached hydrogens (tertiary/aromatic N) is 1. The molecule has 0 aromatic carbocycles. The van der Waals surface area contributed by atoms with Crippen molar-refractivity contribution < 1.29 is 0 Å². The lowest BCUT2D eigenvalue weighted by Gasteiger charge is -2.14. The van der Waals surface area contributed by atoms with Crippen LogP contribution in [0.1, 0.15) is 51.9 Å². The van der Waals surface area contributed by atoms with E-state index in [0.29, 0.717) is 0 Å². The van der Waals surface area contributed by atoms with E-state index < -0.39 is 0 Å². The monoisotopic (exact) mass is 181 g/mol. The van der Waals surface area contributed by atoms with Crippen LogP contribution >= 0.6 is 0 Å². The maximum atomic E-state index is 2.35. The fraction of sp³-hybridized carbons (Fsp3) is 0.833. The largest absolute Gasteiger partial charge is 0.380 e. The van der Waals surface area contributed by atoms with E-state index in [1.54, 1.807) is 5.57 Å². The van der Waals surface area contributed by atoms with Gasteiger partial charge in [-0.1, -0.05) is 31.3 Å². The molecule has 0 atom stereocenters. The van der Waals surface area contributed by atoms with Crippen molar-refractivity contribution in [3.05, 3.63) is 11.8 Å². The van der Waals surface area contributed by atoms with Crippen LogP contribution < -0.4 is 0 Å². The van der Waals surface area contributed by atoms with E-state index in [2.05, 4.69) is 25.1 Å². The number of hydrogen-bond donors (Lipinski definition) is 0. The lowest BCUT2D eigenvalue weighted by Crippen LogP contribution is -2.12. The van der Waals surface area contributed by atoms with E-state index in [0.717, 1.165) is 0 Å². The molecule has 0 N–H and O–H groups in total. The minimum atomic E-state index is 1.23. The van der Waals surface area contributed by atoms with Gasteiger partial charge in [-0.25, -0.2) is 0 Å². The number of rotatable bonds is 0. The first kappa shape index (κ1) is 10.6. The Bertz CT molecular complexity index is 161. The molecule has 0 fully saturated rings. The van der Waals surface area contributed by atoms with Crippen molar-refractivity contribution in [1.82, 2.24) is 4.90 Å². The molecule has 0 radical (unpaired) electrons. The molecule has 1 aliphatic heterocycles. The van der Waals surface area contributed by atoms with E-state index in [1.807, 2.05) is 0 Å². The van der Waals surface area contributed by atoms with Gasteiger partial charge < -0.3 is 4.90 Å². The zero-order chi connectivity index (χ0) is 9.52. The summed E-state index contributed by atoms with van der Waals surface area (Å²) >= 11 is 0. The first-order chi connectivity index (χ1) is 6.29. The van der Waals surface area contributed by atoms with E-state index in [4.69, 9.17) is 0 Å². The van der Waals surface area contributed by atoms with Crippen LogP contribution in [-0.4, -0.2) is 18.5 Å². The second-order valence-corrected chi connectivity index (χ2v) is 4.33. The van der Waals surface area contributed by atoms with E-state index >= 15 is 0 Å². The van der Waals surface area contributed by atoms with Crippen LogP contribution in [0.25, 0.3) is 0 Å². The predicted octanol–water partition coefficient (Wildman–Crippen LogP) is 3.57. The molecule has 0 aliphatic carbocycles. The summed E-state index contributed by atoms with van der Waals surface area (Å²) in [4.78, 5) is 2.35. The average molecular weight is 181 g/mol. The van der Waals surface area contributed by atoms with E-state index in [1.165, 1.54) is 51.5 Å². The van der Waals surface area contributed by atoms with Gasteiger partial charge in [0, 0.05) is 13.6 Å². The second kappa shape index (κ2) is 6.06. The molecule has 0 saturated carbocycles. The van der Waals surface area contributed by atoms with E-state index in [-0.39, 0.29) is 0 Å². The Labute approximate surface area is 82.8 Å². The van der Waals surface area contributed by atoms with Crippen molar-refractivity contribution in [2.45, 2.75) is 51.9 Å². The normalized spacial score (nSPS) is 26.0. The molecule has 13 heavy (non-hydrogen) atoms. The lowest BCUT2D eigenvalue weighted by atomic mass is 10.1. The van der Waals surface area contributed by atoms with Gasteiger partial charge in [-0.3, -0.25) is 0 Å². The highest BCUT2D eigenvalue weighted by Crippen LogP contribution is 2.13. The summed E-state index contributed by atoms with van der Waals surface area (Å²) < 4.78 is 0. The zero-order valence-corrected chi connectivity index (χ0v) is 9.18. The Hall–Kier alpha value is -0.460. The molecule has 1 aliphatic rings. The minimum absolute atomic E-state index is 1.23. The topological polar surface area (TPSA) is 3.24 Å². The SMILES string of the molecule is C/C1=C\N(C)CCCCCCCC1. The highest BCUT2D eigenvalue weighted by molar-refractivity contribution is 4.96. The molecule has 0 unspecified atom stereocenters. The van der Waals surface area contributed by atoms with Crippen molar-refractivity contribution in [2.75, 3.05) is 13.6 Å². The maximum absolute atomic E-state index is 2.35. The third-order valence-electron chi connectivity index (χ3n) is 2.77. The smallest absolute Gasteiger partial charge is 0.0169 e. The molecule has 0 aromatic heterocycles. The predicted molar refractivity (Wildman–Crippen MR) is 58.7 cm³/mol. The summed E-state index contributed by atoms with van der Waals surface area (Å²) in [6.07, 6.45) is 12.1. The van der Waals surface area contributed by atoms with Crippen molar-refractivity contribution >= 4 is 0 Å². The van der Waals surface area contributed by atoms with Crippen molar-refractivity contribution in [2.24, 2.45) is 0 Å². The Kier molecular flexibility index (Phi) is 4.95. The zero-order valence-electron chi connectivity index (χ0n) is 9.18. The summed E-state index contributed by atoms with van der Waals surface area (Å²) in [6.45, 7) is 3.49. The molecule has 76 valence electrons. The van der Waals surface area contributed by atoms with Gasteiger partial charge in [0.2, 0.25) is 0 Å². The Morgan fingerprint density at radius 2 is 1.62 bits per heavy atom. The molecule has 0 amide bonds. The number of hydrogen-bond acceptors (Lipinski definition) is 1. The summed E-state index contributed by atoms with van der Waals surface area (Å²) in [5.41, 5.74) is 1.55. The quantitative estimate of drug-likeness (QED) is 0.552. The number of allylic oxidation sites excluding steroid dienone is 1. The van der Waals surface area contributed by atoms with Gasteiger partial charge in [-0.05, 0) is 32.4 Å². The summed E-state index contributed by atoms with van der Waals surface area (Å²) in [7, 11) is 2.20. The molecule has 1 heteroatoms. The van der Waals surface area contributed by atoms with Crippen LogP contribution in [0.2, 0.25) is 0 Å². The fourth-order valence-electron chi connectivity index (χ4n) is 1.98. The van der Waals surface area contributed by atoms with Gasteiger partial charge in [0.1, 0.15) is 0 Å². The van der Waals surface area contributed by atoms with Gasteiger partial charge in [0.15, 0.2) is 0 Å². The second-order valence-electron chi connectivity index (χ2n) is 4.33. The third kappa shape index (κ3) is 4.97. The van der Waals surface area contributed by atoms with Gasteiger partial charge in [-0.2, -0.15) is 0 Å². The van der Waals surface area contributed by atoms with Crippen molar-refractivity contribution in [3.63, 3.8) is 0 Å². The average Bonchev–Trinajstić information content (AvgIpc) is 2.11. The first-order valence-corrected chi connectivity index (χ1v) is 5.66. The Balaban J connectivity index is 2.38. The molecule has 0 spiro atoms. The summed E-state index contributed by atoms with van der Waals surface area (Å²) in [5.74, 6) is 0. The summed E-state index contributed by atoms with van der Waals surface area (Å²) in [5, 5.41) is 0. The van der Waals surface area contributed by atoms with Crippen LogP contribution in [0.5, 0.6) is 0 Å². The first-order valence-electron chi connectivity index (χ1n) is 5.66. The standard InChI is InChI=1S/C12H23N/c1-12-9-7-5-3-4-6-8-10-13(2)11-12/h11H,3-10H2,1-2H3/b12-11+. The molecule has 1 heterocycles. The van der Waals surface area contributed by atoms with Crippen molar-refractivity contribution in [1.29, 1.82) is 0 Å². The summed E-state index contributed by atoms with van der Waals surface area (Å²) in [6, 6.07) is 0. The van der Waals surface area contributed by atoms with E-state index in [9.17, 15) is 0 Å². The minimum Gasteiger partial charge on any atom is -0.380 e. The van der Waals surface area contributed by atoms with Crippen LogP contribution in [0.15, 0.2) is 11.8 Å². The van der Waals surface area contributed by atoms with Gasteiger partial charge in [0.25, 0.3) is 0 Å². The van der Waals surface area contributed by atoms with Gasteiger partial charge in [-0.15, -0.1) is 0 Å². The maximum Gasteiger partial charge on any atom is 0.0169 e. The van der Waals surface area contributed by atoms with Gasteiger partial charge in [0.05, 0.1) is 0 Å². The fourth-order valence-corrected chi connectivity index (χ4v) is 1.98. The highest BCUT2D eigenvalue weighted by Gasteiger charge is 1.98. The van der Waals surface area contributed by atoms with Crippen LogP contribution in [0, 0.1) is 0 Å². The lowest BCUT2D eigenvalue weighted by molar-refractivity contribution is 0.428. The molecule has 1 rings (SSSR count).